The maximum atomic E-state index is 14.1. The maximum absolute atomic E-state index is 14.1. The van der Waals surface area contributed by atoms with E-state index in [-0.39, 0.29) is 16.9 Å². The van der Waals surface area contributed by atoms with Gasteiger partial charge in [-0.15, -0.1) is 0 Å². The number of hydrogen-bond donors (Lipinski definition) is 1. The molecule has 0 atom stereocenters. The van der Waals surface area contributed by atoms with Gasteiger partial charge in [-0.25, -0.2) is 15.0 Å². The molecule has 1 fully saturated rings. The molecule has 3 heterocycles. The average molecular weight is 531 g/mol. The predicted molar refractivity (Wildman–Crippen MR) is 140 cm³/mol. The van der Waals surface area contributed by atoms with E-state index >= 15 is 0 Å². The van der Waals surface area contributed by atoms with Crippen LogP contribution < -0.4 is 5.32 Å². The molecule has 0 unspecified atom stereocenters. The fraction of sp³-hybridized carbons (Fsp3) is 0.241. The molecular weight excluding hydrogens is 505 g/mol. The fourth-order valence-corrected chi connectivity index (χ4v) is 4.42. The van der Waals surface area contributed by atoms with Crippen LogP contribution in [-0.2, 0) is 12.7 Å². The van der Waals surface area contributed by atoms with Crippen LogP contribution in [0.4, 0.5) is 18.9 Å². The largest absolute Gasteiger partial charge is 0.418 e. The van der Waals surface area contributed by atoms with Crippen LogP contribution in [0.2, 0.25) is 0 Å². The van der Waals surface area contributed by atoms with E-state index in [9.17, 15) is 18.0 Å². The summed E-state index contributed by atoms with van der Waals surface area (Å²) < 4.78 is 43.5. The SMILES string of the molecule is Cc1ccc(C(=O)Nc2ccc(-n3cnc(CN4CCCC4)c3)c(C(F)(F)F)c2)cc1C#Cc1cncnc1. The summed E-state index contributed by atoms with van der Waals surface area (Å²) in [5.41, 5.74) is 2.17. The number of imidazole rings is 1. The highest BCUT2D eigenvalue weighted by Gasteiger charge is 2.34. The molecule has 1 amide bonds. The van der Waals surface area contributed by atoms with Gasteiger partial charge in [0.05, 0.1) is 28.8 Å². The molecule has 0 bridgehead atoms. The van der Waals surface area contributed by atoms with E-state index in [0.717, 1.165) is 37.6 Å². The Morgan fingerprint density at radius 3 is 2.56 bits per heavy atom. The number of alkyl halides is 3. The van der Waals surface area contributed by atoms with E-state index in [1.54, 1.807) is 36.8 Å². The number of nitrogens with zero attached hydrogens (tertiary/aromatic N) is 5. The minimum absolute atomic E-state index is 0.0307. The summed E-state index contributed by atoms with van der Waals surface area (Å²) >= 11 is 0. The second-order valence-corrected chi connectivity index (χ2v) is 9.35. The molecular formula is C29H25F3N6O. The van der Waals surface area contributed by atoms with Crippen LogP contribution in [-0.4, -0.2) is 43.4 Å². The van der Waals surface area contributed by atoms with E-state index in [2.05, 4.69) is 37.0 Å². The summed E-state index contributed by atoms with van der Waals surface area (Å²) in [6.07, 6.45) is 5.17. The number of carbonyl (C=O) groups excluding carboxylic acids is 1. The molecule has 5 rings (SSSR count). The van der Waals surface area contributed by atoms with Crippen molar-refractivity contribution >= 4 is 11.6 Å². The topological polar surface area (TPSA) is 75.9 Å². The Labute approximate surface area is 223 Å². The minimum atomic E-state index is -4.64. The lowest BCUT2D eigenvalue weighted by Gasteiger charge is -2.16. The van der Waals surface area contributed by atoms with E-state index in [4.69, 9.17) is 0 Å². The standard InChI is InChI=1S/C29H25F3N6O/c1-20-4-6-23(12-22(20)7-5-21-14-33-18-34-15-21)28(39)36-24-8-9-27(26(13-24)29(30,31)32)38-17-25(35-19-38)16-37-10-2-3-11-37/h4,6,8-9,12-15,17-19H,2-3,10-11,16H2,1H3,(H,36,39). The number of likely N-dealkylation sites (tertiary alicyclic amines) is 1. The molecule has 1 N–H and O–H groups in total. The van der Waals surface area contributed by atoms with Crippen molar-refractivity contribution < 1.29 is 18.0 Å². The highest BCUT2D eigenvalue weighted by atomic mass is 19.4. The van der Waals surface area contributed by atoms with Crippen molar-refractivity contribution in [1.82, 2.24) is 24.4 Å². The Morgan fingerprint density at radius 1 is 1.05 bits per heavy atom. The summed E-state index contributed by atoms with van der Waals surface area (Å²) in [5, 5.41) is 2.58. The lowest BCUT2D eigenvalue weighted by atomic mass is 10.0. The van der Waals surface area contributed by atoms with Gasteiger partial charge in [0.25, 0.3) is 5.91 Å². The zero-order chi connectivity index (χ0) is 27.4. The van der Waals surface area contributed by atoms with Crippen molar-refractivity contribution in [2.75, 3.05) is 18.4 Å². The molecule has 0 saturated carbocycles. The van der Waals surface area contributed by atoms with Gasteiger partial charge in [-0.1, -0.05) is 17.9 Å². The van der Waals surface area contributed by atoms with Gasteiger partial charge in [-0.3, -0.25) is 9.69 Å². The quantitative estimate of drug-likeness (QED) is 0.358. The molecule has 198 valence electrons. The van der Waals surface area contributed by atoms with Crippen molar-refractivity contribution in [2.45, 2.75) is 32.5 Å². The monoisotopic (exact) mass is 530 g/mol. The number of hydrogen-bond acceptors (Lipinski definition) is 5. The van der Waals surface area contributed by atoms with E-state index in [0.29, 0.717) is 23.4 Å². The average Bonchev–Trinajstić information content (AvgIpc) is 3.61. The van der Waals surface area contributed by atoms with Gasteiger partial charge in [0.2, 0.25) is 0 Å². The molecule has 7 nitrogen and oxygen atoms in total. The molecule has 0 aliphatic carbocycles. The van der Waals surface area contributed by atoms with Crippen LogP contribution in [0, 0.1) is 18.8 Å². The number of amides is 1. The van der Waals surface area contributed by atoms with Crippen molar-refractivity contribution in [2.24, 2.45) is 0 Å². The van der Waals surface area contributed by atoms with Crippen LogP contribution in [0.15, 0.2) is 67.6 Å². The number of rotatable bonds is 5. The summed E-state index contributed by atoms with van der Waals surface area (Å²) in [7, 11) is 0. The van der Waals surface area contributed by atoms with Crippen LogP contribution in [0.1, 0.15) is 51.1 Å². The number of aromatic nitrogens is 4. The van der Waals surface area contributed by atoms with Crippen LogP contribution >= 0.6 is 0 Å². The second kappa shape index (κ2) is 11.1. The van der Waals surface area contributed by atoms with Crippen LogP contribution in [0.5, 0.6) is 0 Å². The van der Waals surface area contributed by atoms with Crippen LogP contribution in [0.3, 0.4) is 0 Å². The van der Waals surface area contributed by atoms with Gasteiger partial charge in [-0.05, 0) is 68.8 Å². The Morgan fingerprint density at radius 2 is 1.82 bits per heavy atom. The summed E-state index contributed by atoms with van der Waals surface area (Å²) in [4.78, 5) is 27.3. The third kappa shape index (κ3) is 6.33. The maximum Gasteiger partial charge on any atom is 0.418 e. The number of anilines is 1. The lowest BCUT2D eigenvalue weighted by molar-refractivity contribution is -0.137. The number of carbonyl (C=O) groups is 1. The summed E-state index contributed by atoms with van der Waals surface area (Å²) in [6.45, 7) is 4.39. The Bertz CT molecular complexity index is 1550. The first kappa shape index (κ1) is 26.1. The molecule has 0 spiro atoms. The Hall–Kier alpha value is -4.49. The third-order valence-electron chi connectivity index (χ3n) is 6.46. The molecule has 2 aromatic heterocycles. The normalized spacial score (nSPS) is 13.6. The lowest BCUT2D eigenvalue weighted by Crippen LogP contribution is -2.18. The number of benzene rings is 2. The molecule has 4 aromatic rings. The van der Waals surface area contributed by atoms with Crippen molar-refractivity contribution in [3.05, 3.63) is 101 Å². The molecule has 0 radical (unpaired) electrons. The predicted octanol–water partition coefficient (Wildman–Crippen LogP) is 5.24. The van der Waals surface area contributed by atoms with E-state index in [1.807, 2.05) is 6.92 Å². The number of halogens is 3. The van der Waals surface area contributed by atoms with Crippen molar-refractivity contribution in [3.8, 4) is 17.5 Å². The van der Waals surface area contributed by atoms with E-state index in [1.165, 1.54) is 29.4 Å². The zero-order valence-corrected chi connectivity index (χ0v) is 21.2. The third-order valence-corrected chi connectivity index (χ3v) is 6.46. The molecule has 1 aliphatic heterocycles. The van der Waals surface area contributed by atoms with Gasteiger partial charge in [0.1, 0.15) is 6.33 Å². The van der Waals surface area contributed by atoms with Gasteiger partial charge in [0, 0.05) is 41.9 Å². The molecule has 2 aromatic carbocycles. The number of aryl methyl sites for hydroxylation is 1. The Balaban J connectivity index is 1.37. The van der Waals surface area contributed by atoms with Gasteiger partial charge >= 0.3 is 6.18 Å². The molecule has 10 heteroatoms. The van der Waals surface area contributed by atoms with Gasteiger partial charge < -0.3 is 9.88 Å². The van der Waals surface area contributed by atoms with Gasteiger partial charge in [0.15, 0.2) is 0 Å². The van der Waals surface area contributed by atoms with Gasteiger partial charge in [-0.2, -0.15) is 13.2 Å². The highest BCUT2D eigenvalue weighted by Crippen LogP contribution is 2.36. The summed E-state index contributed by atoms with van der Waals surface area (Å²) in [6, 6.07) is 8.68. The molecule has 39 heavy (non-hydrogen) atoms. The van der Waals surface area contributed by atoms with Crippen LogP contribution in [0.25, 0.3) is 5.69 Å². The van der Waals surface area contributed by atoms with E-state index < -0.39 is 17.6 Å². The highest BCUT2D eigenvalue weighted by molar-refractivity contribution is 6.04. The van der Waals surface area contributed by atoms with Crippen molar-refractivity contribution in [3.63, 3.8) is 0 Å². The molecule has 1 aliphatic rings. The fourth-order valence-electron chi connectivity index (χ4n) is 4.42. The first-order valence-electron chi connectivity index (χ1n) is 12.4. The molecule has 1 saturated heterocycles. The summed E-state index contributed by atoms with van der Waals surface area (Å²) in [5.74, 6) is 5.40. The van der Waals surface area contributed by atoms with Crippen molar-refractivity contribution in [1.29, 1.82) is 0 Å². The number of nitrogens with one attached hydrogen (secondary N) is 1. The Kier molecular flexibility index (Phi) is 7.43. The first-order valence-corrected chi connectivity index (χ1v) is 12.4. The minimum Gasteiger partial charge on any atom is -0.322 e. The first-order chi connectivity index (χ1) is 18.8. The zero-order valence-electron chi connectivity index (χ0n) is 21.2. The smallest absolute Gasteiger partial charge is 0.322 e. The second-order valence-electron chi connectivity index (χ2n) is 9.35.